The fraction of sp³-hybridized carbons (Fsp3) is 0.778. The molecule has 0 aliphatic heterocycles. The van der Waals surface area contributed by atoms with Gasteiger partial charge in [-0.3, -0.25) is 0 Å². The average molecular weight is 274 g/mol. The van der Waals surface area contributed by atoms with Gasteiger partial charge in [0.15, 0.2) is 0 Å². The van der Waals surface area contributed by atoms with Crippen molar-refractivity contribution in [3.8, 4) is 0 Å². The van der Waals surface area contributed by atoms with Crippen LogP contribution >= 0.6 is 0 Å². The van der Waals surface area contributed by atoms with Gasteiger partial charge in [0.05, 0.1) is 0 Å². The second-order valence-electron chi connectivity index (χ2n) is 7.80. The van der Waals surface area contributed by atoms with Gasteiger partial charge in [0, 0.05) is 31.5 Å². The van der Waals surface area contributed by atoms with E-state index in [0.29, 0.717) is 16.9 Å². The summed E-state index contributed by atoms with van der Waals surface area (Å²) in [5, 5.41) is 3.87. The predicted molar refractivity (Wildman–Crippen MR) is 84.6 cm³/mol. The molecule has 0 spiro atoms. The summed E-state index contributed by atoms with van der Waals surface area (Å²) in [6.07, 6.45) is 9.94. The highest BCUT2D eigenvalue weighted by Gasteiger charge is 2.60. The van der Waals surface area contributed by atoms with E-state index in [4.69, 9.17) is 0 Å². The average Bonchev–Trinajstić information content (AvgIpc) is 2.98. The molecule has 112 valence electrons. The number of hydrogen-bond acceptors (Lipinski definition) is 1. The Morgan fingerprint density at radius 2 is 2.15 bits per heavy atom. The van der Waals surface area contributed by atoms with Crippen molar-refractivity contribution in [3.05, 3.63) is 24.0 Å². The molecule has 2 fully saturated rings. The molecule has 2 saturated carbocycles. The van der Waals surface area contributed by atoms with Crippen LogP contribution in [0, 0.1) is 16.7 Å². The van der Waals surface area contributed by atoms with E-state index >= 15 is 0 Å². The molecule has 2 aliphatic carbocycles. The predicted octanol–water partition coefficient (Wildman–Crippen LogP) is 4.20. The van der Waals surface area contributed by atoms with Gasteiger partial charge in [-0.05, 0) is 54.1 Å². The number of nitrogens with zero attached hydrogens (tertiary/aromatic N) is 1. The van der Waals surface area contributed by atoms with E-state index in [-0.39, 0.29) is 0 Å². The molecule has 0 radical (unpaired) electrons. The van der Waals surface area contributed by atoms with Gasteiger partial charge < -0.3 is 9.88 Å². The summed E-state index contributed by atoms with van der Waals surface area (Å²) in [5.41, 5.74) is 2.44. The third-order valence-corrected chi connectivity index (χ3v) is 6.64. The van der Waals surface area contributed by atoms with Gasteiger partial charge in [0.2, 0.25) is 0 Å². The maximum atomic E-state index is 3.87. The summed E-state index contributed by atoms with van der Waals surface area (Å²) in [7, 11) is 0. The minimum atomic E-state index is 0.490. The summed E-state index contributed by atoms with van der Waals surface area (Å²) in [4.78, 5) is 0. The molecule has 1 N–H and O–H groups in total. The molecular formula is C18H30N2. The van der Waals surface area contributed by atoms with Gasteiger partial charge in [-0.15, -0.1) is 0 Å². The highest BCUT2D eigenvalue weighted by atomic mass is 15.0. The lowest BCUT2D eigenvalue weighted by Crippen LogP contribution is -2.44. The Labute approximate surface area is 123 Å². The smallest absolute Gasteiger partial charge is 0.0223 e. The Morgan fingerprint density at radius 1 is 1.35 bits per heavy atom. The van der Waals surface area contributed by atoms with Crippen molar-refractivity contribution in [3.63, 3.8) is 0 Å². The number of hydrogen-bond donors (Lipinski definition) is 1. The third kappa shape index (κ3) is 2.04. The second kappa shape index (κ2) is 4.91. The van der Waals surface area contributed by atoms with Crippen LogP contribution in [0.15, 0.2) is 18.5 Å². The monoisotopic (exact) mass is 274 g/mol. The van der Waals surface area contributed by atoms with E-state index in [9.17, 15) is 0 Å². The molecule has 1 heterocycles. The first-order chi connectivity index (χ1) is 9.47. The normalized spacial score (nSPS) is 34.8. The highest BCUT2D eigenvalue weighted by Crippen LogP contribution is 2.65. The fourth-order valence-corrected chi connectivity index (χ4v) is 4.75. The maximum absolute atomic E-state index is 3.87. The number of nitrogens with one attached hydrogen (secondary N) is 1. The molecule has 2 aliphatic rings. The number of fused-ring (bicyclic) bond motifs is 2. The lowest BCUT2D eigenvalue weighted by Gasteiger charge is -2.39. The SMILES string of the molecule is CCCn1ccc(CNC2CC3CCC2(C)C3(C)C)c1. The Kier molecular flexibility index (Phi) is 3.48. The van der Waals surface area contributed by atoms with Gasteiger partial charge in [-0.2, -0.15) is 0 Å². The molecule has 1 aromatic rings. The lowest BCUT2D eigenvalue weighted by molar-refractivity contribution is 0.120. The second-order valence-corrected chi connectivity index (χ2v) is 7.80. The molecule has 0 aromatic carbocycles. The Balaban J connectivity index is 1.62. The van der Waals surface area contributed by atoms with E-state index in [2.05, 4.69) is 56.0 Å². The first-order valence-corrected chi connectivity index (χ1v) is 8.35. The van der Waals surface area contributed by atoms with Crippen LogP contribution in [-0.2, 0) is 13.1 Å². The van der Waals surface area contributed by atoms with Crippen molar-refractivity contribution in [1.82, 2.24) is 9.88 Å². The number of rotatable bonds is 5. The topological polar surface area (TPSA) is 17.0 Å². The highest BCUT2D eigenvalue weighted by molar-refractivity contribution is 5.15. The molecular weight excluding hydrogens is 244 g/mol. The molecule has 3 unspecified atom stereocenters. The Hall–Kier alpha value is -0.760. The zero-order valence-electron chi connectivity index (χ0n) is 13.6. The lowest BCUT2D eigenvalue weighted by atomic mass is 9.69. The summed E-state index contributed by atoms with van der Waals surface area (Å²) < 4.78 is 2.31. The van der Waals surface area contributed by atoms with Crippen molar-refractivity contribution in [2.45, 2.75) is 72.5 Å². The zero-order chi connectivity index (χ0) is 14.4. The summed E-state index contributed by atoms with van der Waals surface area (Å²) in [5.74, 6) is 0.926. The number of aromatic nitrogens is 1. The van der Waals surface area contributed by atoms with Crippen LogP contribution in [0.4, 0.5) is 0 Å². The molecule has 2 heteroatoms. The van der Waals surface area contributed by atoms with Crippen LogP contribution in [0.1, 0.15) is 58.9 Å². The maximum Gasteiger partial charge on any atom is 0.0223 e. The molecule has 2 nitrogen and oxygen atoms in total. The van der Waals surface area contributed by atoms with Gasteiger partial charge in [-0.25, -0.2) is 0 Å². The molecule has 2 bridgehead atoms. The zero-order valence-corrected chi connectivity index (χ0v) is 13.6. The van der Waals surface area contributed by atoms with E-state index in [1.807, 2.05) is 0 Å². The largest absolute Gasteiger partial charge is 0.354 e. The van der Waals surface area contributed by atoms with E-state index in [1.165, 1.54) is 31.2 Å². The van der Waals surface area contributed by atoms with Gasteiger partial charge in [-0.1, -0.05) is 27.7 Å². The fourth-order valence-electron chi connectivity index (χ4n) is 4.75. The van der Waals surface area contributed by atoms with Crippen LogP contribution < -0.4 is 5.32 Å². The van der Waals surface area contributed by atoms with Gasteiger partial charge in [0.25, 0.3) is 0 Å². The van der Waals surface area contributed by atoms with E-state index < -0.39 is 0 Å². The van der Waals surface area contributed by atoms with Crippen molar-refractivity contribution in [2.24, 2.45) is 16.7 Å². The molecule has 20 heavy (non-hydrogen) atoms. The van der Waals surface area contributed by atoms with Crippen LogP contribution in [-0.4, -0.2) is 10.6 Å². The minimum Gasteiger partial charge on any atom is -0.354 e. The number of aryl methyl sites for hydroxylation is 1. The Bertz CT molecular complexity index is 474. The third-order valence-electron chi connectivity index (χ3n) is 6.64. The molecule has 0 amide bonds. The molecule has 0 saturated heterocycles. The van der Waals surface area contributed by atoms with Crippen molar-refractivity contribution in [1.29, 1.82) is 0 Å². The van der Waals surface area contributed by atoms with Crippen LogP contribution in [0.2, 0.25) is 0 Å². The standard InChI is InChI=1S/C18H30N2/c1-5-9-20-10-7-14(13-20)12-19-16-11-15-6-8-18(16,4)17(15,2)3/h7,10,13,15-16,19H,5-6,8-9,11-12H2,1-4H3. The van der Waals surface area contributed by atoms with Crippen LogP contribution in [0.5, 0.6) is 0 Å². The first-order valence-electron chi connectivity index (χ1n) is 8.35. The van der Waals surface area contributed by atoms with Crippen LogP contribution in [0.25, 0.3) is 0 Å². The molecule has 1 aromatic heterocycles. The van der Waals surface area contributed by atoms with Crippen molar-refractivity contribution in [2.75, 3.05) is 0 Å². The summed E-state index contributed by atoms with van der Waals surface area (Å²) in [6.45, 7) is 11.9. The van der Waals surface area contributed by atoms with Crippen LogP contribution in [0.3, 0.4) is 0 Å². The minimum absolute atomic E-state index is 0.490. The van der Waals surface area contributed by atoms with Gasteiger partial charge in [0.1, 0.15) is 0 Å². The van der Waals surface area contributed by atoms with E-state index in [1.54, 1.807) is 0 Å². The summed E-state index contributed by atoms with van der Waals surface area (Å²) >= 11 is 0. The Morgan fingerprint density at radius 3 is 2.75 bits per heavy atom. The summed E-state index contributed by atoms with van der Waals surface area (Å²) in [6, 6.07) is 2.97. The molecule has 3 atom stereocenters. The van der Waals surface area contributed by atoms with Crippen molar-refractivity contribution >= 4 is 0 Å². The quantitative estimate of drug-likeness (QED) is 0.851. The van der Waals surface area contributed by atoms with E-state index in [0.717, 1.165) is 19.0 Å². The first kappa shape index (κ1) is 14.2. The van der Waals surface area contributed by atoms with Gasteiger partial charge >= 0.3 is 0 Å². The van der Waals surface area contributed by atoms with Crippen molar-refractivity contribution < 1.29 is 0 Å². The molecule has 3 rings (SSSR count).